The number of hydrogen-bond donors (Lipinski definition) is 0. The molecule has 1 atom stereocenters. The van der Waals surface area contributed by atoms with Crippen LogP contribution in [0.4, 0.5) is 5.82 Å². The van der Waals surface area contributed by atoms with Crippen LogP contribution in [0.1, 0.15) is 26.7 Å². The number of anilines is 1. The van der Waals surface area contributed by atoms with E-state index >= 15 is 0 Å². The molecule has 2 rings (SSSR count). The third-order valence-corrected chi connectivity index (χ3v) is 3.93. The molecule has 1 saturated heterocycles. The predicted octanol–water partition coefficient (Wildman–Crippen LogP) is 2.88. The normalized spacial score (nSPS) is 20.2. The molecule has 1 aliphatic rings. The molecule has 0 bridgehead atoms. The number of hydrogen-bond acceptors (Lipinski definition) is 4. The van der Waals surface area contributed by atoms with Gasteiger partial charge in [-0.3, -0.25) is 4.98 Å². The highest BCUT2D eigenvalue weighted by molar-refractivity contribution is 9.09. The van der Waals surface area contributed by atoms with Gasteiger partial charge in [-0.2, -0.15) is 4.98 Å². The van der Waals surface area contributed by atoms with E-state index in [9.17, 15) is 0 Å². The van der Waals surface area contributed by atoms with Gasteiger partial charge in [0.05, 0.1) is 18.5 Å². The van der Waals surface area contributed by atoms with E-state index in [1.54, 1.807) is 6.20 Å². The van der Waals surface area contributed by atoms with Crippen LogP contribution in [0.15, 0.2) is 12.4 Å². The van der Waals surface area contributed by atoms with Gasteiger partial charge in [-0.25, -0.2) is 0 Å². The Morgan fingerprint density at radius 1 is 1.50 bits per heavy atom. The van der Waals surface area contributed by atoms with Gasteiger partial charge >= 0.3 is 0 Å². The molecule has 18 heavy (non-hydrogen) atoms. The van der Waals surface area contributed by atoms with Gasteiger partial charge in [-0.1, -0.05) is 15.9 Å². The largest absolute Gasteiger partial charge is 0.474 e. The fraction of sp³-hybridized carbons (Fsp3) is 0.692. The highest BCUT2D eigenvalue weighted by atomic mass is 79.9. The molecule has 0 saturated carbocycles. The Morgan fingerprint density at radius 3 is 3.06 bits per heavy atom. The quantitative estimate of drug-likeness (QED) is 0.801. The van der Waals surface area contributed by atoms with Crippen molar-refractivity contribution in [3.8, 4) is 5.88 Å². The first-order valence-electron chi connectivity index (χ1n) is 6.48. The number of piperidine rings is 1. The number of aromatic nitrogens is 2. The Morgan fingerprint density at radius 2 is 2.33 bits per heavy atom. The van der Waals surface area contributed by atoms with Crippen molar-refractivity contribution in [1.29, 1.82) is 0 Å². The first kappa shape index (κ1) is 13.6. The molecule has 1 aromatic heterocycles. The molecule has 0 aromatic carbocycles. The topological polar surface area (TPSA) is 38.2 Å². The molecule has 0 amide bonds. The summed E-state index contributed by atoms with van der Waals surface area (Å²) in [6, 6.07) is 0. The summed E-state index contributed by atoms with van der Waals surface area (Å²) < 4.78 is 5.59. The van der Waals surface area contributed by atoms with E-state index in [1.165, 1.54) is 12.8 Å². The second-order valence-electron chi connectivity index (χ2n) is 4.99. The van der Waals surface area contributed by atoms with E-state index in [0.29, 0.717) is 11.8 Å². The minimum absolute atomic E-state index is 0.131. The van der Waals surface area contributed by atoms with Crippen molar-refractivity contribution in [2.45, 2.75) is 32.8 Å². The highest BCUT2D eigenvalue weighted by Crippen LogP contribution is 2.23. The second-order valence-corrected chi connectivity index (χ2v) is 5.64. The minimum atomic E-state index is 0.131. The first-order valence-corrected chi connectivity index (χ1v) is 7.61. The molecule has 4 nitrogen and oxygen atoms in total. The smallest absolute Gasteiger partial charge is 0.234 e. The molecule has 0 N–H and O–H groups in total. The predicted molar refractivity (Wildman–Crippen MR) is 76.5 cm³/mol. The molecular weight excluding hydrogens is 294 g/mol. The van der Waals surface area contributed by atoms with Gasteiger partial charge < -0.3 is 9.64 Å². The lowest BCUT2D eigenvalue weighted by Gasteiger charge is -2.32. The van der Waals surface area contributed by atoms with E-state index in [4.69, 9.17) is 4.74 Å². The van der Waals surface area contributed by atoms with Crippen molar-refractivity contribution in [2.24, 2.45) is 5.92 Å². The number of halogens is 1. The summed E-state index contributed by atoms with van der Waals surface area (Å²) in [6.45, 7) is 6.10. The fourth-order valence-corrected chi connectivity index (χ4v) is 2.72. The Kier molecular flexibility index (Phi) is 4.80. The second kappa shape index (κ2) is 6.36. The monoisotopic (exact) mass is 313 g/mol. The molecule has 5 heteroatoms. The van der Waals surface area contributed by atoms with E-state index in [2.05, 4.69) is 30.8 Å². The Bertz CT molecular complexity index is 386. The van der Waals surface area contributed by atoms with Gasteiger partial charge in [0.15, 0.2) is 5.82 Å². The molecule has 0 spiro atoms. The van der Waals surface area contributed by atoms with E-state index in [1.807, 2.05) is 20.0 Å². The third kappa shape index (κ3) is 3.57. The zero-order valence-electron chi connectivity index (χ0n) is 11.0. The standard InChI is InChI=1S/C13H20BrN3O/c1-10(2)18-13-8-15-7-12(16-13)17-5-3-4-11(6-14)9-17/h7-8,10-11H,3-6,9H2,1-2H3. The molecule has 1 aromatic rings. The lowest BCUT2D eigenvalue weighted by atomic mass is 10.0. The molecule has 100 valence electrons. The van der Waals surface area contributed by atoms with Gasteiger partial charge in [-0.15, -0.1) is 0 Å². The van der Waals surface area contributed by atoms with Gasteiger partial charge in [0.1, 0.15) is 0 Å². The van der Waals surface area contributed by atoms with Gasteiger partial charge in [0, 0.05) is 18.4 Å². The summed E-state index contributed by atoms with van der Waals surface area (Å²) in [5.41, 5.74) is 0. The Balaban J connectivity index is 2.07. The van der Waals surface area contributed by atoms with Crippen molar-refractivity contribution in [3.63, 3.8) is 0 Å². The summed E-state index contributed by atoms with van der Waals surface area (Å²) in [5.74, 6) is 2.25. The molecular formula is C13H20BrN3O. The van der Waals surface area contributed by atoms with Crippen LogP contribution in [0.5, 0.6) is 5.88 Å². The maximum absolute atomic E-state index is 5.59. The minimum Gasteiger partial charge on any atom is -0.474 e. The van der Waals surface area contributed by atoms with Crippen LogP contribution in [-0.2, 0) is 0 Å². The highest BCUT2D eigenvalue weighted by Gasteiger charge is 2.20. The molecule has 1 unspecified atom stereocenters. The number of ether oxygens (including phenoxy) is 1. The third-order valence-electron chi connectivity index (χ3n) is 3.02. The van der Waals surface area contributed by atoms with Crippen molar-refractivity contribution < 1.29 is 4.74 Å². The molecule has 1 fully saturated rings. The van der Waals surface area contributed by atoms with Gasteiger partial charge in [0.2, 0.25) is 5.88 Å². The number of alkyl halides is 1. The summed E-state index contributed by atoms with van der Waals surface area (Å²) in [6.07, 6.45) is 6.13. The number of rotatable bonds is 4. The summed E-state index contributed by atoms with van der Waals surface area (Å²) in [7, 11) is 0. The van der Waals surface area contributed by atoms with Crippen LogP contribution in [-0.4, -0.2) is 34.5 Å². The first-order chi connectivity index (χ1) is 8.69. The molecule has 0 aliphatic carbocycles. The van der Waals surface area contributed by atoms with Gasteiger partial charge in [0.25, 0.3) is 0 Å². The van der Waals surface area contributed by atoms with Crippen LogP contribution >= 0.6 is 15.9 Å². The van der Waals surface area contributed by atoms with Crippen molar-refractivity contribution in [2.75, 3.05) is 23.3 Å². The molecule has 2 heterocycles. The van der Waals surface area contributed by atoms with Crippen LogP contribution < -0.4 is 9.64 Å². The van der Waals surface area contributed by atoms with Crippen LogP contribution in [0.3, 0.4) is 0 Å². The van der Waals surface area contributed by atoms with E-state index < -0.39 is 0 Å². The van der Waals surface area contributed by atoms with Crippen LogP contribution in [0.25, 0.3) is 0 Å². The summed E-state index contributed by atoms with van der Waals surface area (Å²) >= 11 is 3.57. The molecule has 0 radical (unpaired) electrons. The van der Waals surface area contributed by atoms with Crippen molar-refractivity contribution in [1.82, 2.24) is 9.97 Å². The zero-order valence-corrected chi connectivity index (χ0v) is 12.6. The molecule has 1 aliphatic heterocycles. The lowest BCUT2D eigenvalue weighted by Crippen LogP contribution is -2.36. The average Bonchev–Trinajstić information content (AvgIpc) is 2.38. The SMILES string of the molecule is CC(C)Oc1cncc(N2CCCC(CBr)C2)n1. The average molecular weight is 314 g/mol. The van der Waals surface area contributed by atoms with Crippen molar-refractivity contribution >= 4 is 21.7 Å². The van der Waals surface area contributed by atoms with Crippen molar-refractivity contribution in [3.05, 3.63) is 12.4 Å². The summed E-state index contributed by atoms with van der Waals surface area (Å²) in [5, 5.41) is 1.05. The Hall–Kier alpha value is -0.840. The van der Waals surface area contributed by atoms with Crippen LogP contribution in [0, 0.1) is 5.92 Å². The van der Waals surface area contributed by atoms with Gasteiger partial charge in [-0.05, 0) is 32.6 Å². The number of nitrogens with zero attached hydrogens (tertiary/aromatic N) is 3. The maximum Gasteiger partial charge on any atom is 0.234 e. The zero-order chi connectivity index (χ0) is 13.0. The van der Waals surface area contributed by atoms with Crippen LogP contribution in [0.2, 0.25) is 0 Å². The van der Waals surface area contributed by atoms with E-state index in [0.717, 1.165) is 24.2 Å². The lowest BCUT2D eigenvalue weighted by molar-refractivity contribution is 0.231. The Labute approximate surface area is 117 Å². The summed E-state index contributed by atoms with van der Waals surface area (Å²) in [4.78, 5) is 11.1. The van der Waals surface area contributed by atoms with E-state index in [-0.39, 0.29) is 6.10 Å². The fourth-order valence-electron chi connectivity index (χ4n) is 2.19. The maximum atomic E-state index is 5.59.